The summed E-state index contributed by atoms with van der Waals surface area (Å²) in [5, 5.41) is 6.06. The van der Waals surface area contributed by atoms with Gasteiger partial charge in [0.15, 0.2) is 0 Å². The van der Waals surface area contributed by atoms with Crippen LogP contribution in [-0.2, 0) is 4.74 Å². The lowest BCUT2D eigenvalue weighted by molar-refractivity contribution is 0.0856. The number of carbonyl (C=O) groups is 2. The predicted octanol–water partition coefficient (Wildman–Crippen LogP) is 1.65. The number of aromatic nitrogens is 2. The topological polar surface area (TPSA) is 96.5 Å². The van der Waals surface area contributed by atoms with Gasteiger partial charge in [-0.3, -0.25) is 4.79 Å². The zero-order valence-electron chi connectivity index (χ0n) is 14.2. The molecule has 0 aromatic carbocycles. The average Bonchev–Trinajstić information content (AvgIpc) is 2.61. The van der Waals surface area contributed by atoms with E-state index in [9.17, 15) is 9.59 Å². The van der Waals surface area contributed by atoms with Gasteiger partial charge < -0.3 is 20.3 Å². The van der Waals surface area contributed by atoms with E-state index in [1.807, 2.05) is 0 Å². The fourth-order valence-corrected chi connectivity index (χ4v) is 2.47. The van der Waals surface area contributed by atoms with Gasteiger partial charge in [-0.15, -0.1) is 0 Å². The zero-order chi connectivity index (χ0) is 17.4. The van der Waals surface area contributed by atoms with E-state index in [4.69, 9.17) is 4.74 Å². The van der Waals surface area contributed by atoms with Crippen LogP contribution in [0.25, 0.3) is 0 Å². The van der Waals surface area contributed by atoms with Crippen molar-refractivity contribution in [1.82, 2.24) is 20.2 Å². The Morgan fingerprint density at radius 3 is 2.58 bits per heavy atom. The molecular formula is C16H25N5O3. The molecule has 1 aromatic rings. The molecule has 1 saturated heterocycles. The number of rotatable bonds is 6. The minimum Gasteiger partial charge on any atom is -0.450 e. The molecule has 0 radical (unpaired) electrons. The first-order valence-corrected chi connectivity index (χ1v) is 8.42. The molecule has 0 atom stereocenters. The largest absolute Gasteiger partial charge is 0.450 e. The maximum atomic E-state index is 12.2. The fraction of sp³-hybridized carbons (Fsp3) is 0.625. The highest BCUT2D eigenvalue weighted by Crippen LogP contribution is 2.12. The molecule has 2 N–H and O–H groups in total. The van der Waals surface area contributed by atoms with E-state index >= 15 is 0 Å². The van der Waals surface area contributed by atoms with Gasteiger partial charge in [0.05, 0.1) is 19.0 Å². The summed E-state index contributed by atoms with van der Waals surface area (Å²) in [5.74, 6) is 0.426. The highest BCUT2D eigenvalue weighted by Gasteiger charge is 2.25. The highest BCUT2D eigenvalue weighted by atomic mass is 16.6. The van der Waals surface area contributed by atoms with Crippen molar-refractivity contribution in [3.05, 3.63) is 18.1 Å². The maximum absolute atomic E-state index is 12.2. The Bertz CT molecular complexity index is 541. The average molecular weight is 335 g/mol. The third kappa shape index (κ3) is 5.07. The van der Waals surface area contributed by atoms with Crippen molar-refractivity contribution in [3.63, 3.8) is 0 Å². The molecule has 0 unspecified atom stereocenters. The lowest BCUT2D eigenvalue weighted by Crippen LogP contribution is -2.46. The summed E-state index contributed by atoms with van der Waals surface area (Å²) in [6.07, 6.45) is 5.15. The second-order valence-electron chi connectivity index (χ2n) is 5.65. The van der Waals surface area contributed by atoms with E-state index in [0.29, 0.717) is 44.0 Å². The Morgan fingerprint density at radius 2 is 2.00 bits per heavy atom. The molecular weight excluding hydrogens is 310 g/mol. The van der Waals surface area contributed by atoms with Crippen molar-refractivity contribution in [2.24, 2.45) is 0 Å². The monoisotopic (exact) mass is 335 g/mol. The van der Waals surface area contributed by atoms with Crippen LogP contribution in [-0.4, -0.2) is 59.2 Å². The van der Waals surface area contributed by atoms with Crippen LogP contribution in [0.4, 0.5) is 10.6 Å². The zero-order valence-corrected chi connectivity index (χ0v) is 14.2. The summed E-state index contributed by atoms with van der Waals surface area (Å²) < 4.78 is 4.98. The van der Waals surface area contributed by atoms with Crippen molar-refractivity contribution in [1.29, 1.82) is 0 Å². The summed E-state index contributed by atoms with van der Waals surface area (Å²) in [4.78, 5) is 33.9. The molecule has 1 fully saturated rings. The van der Waals surface area contributed by atoms with Gasteiger partial charge >= 0.3 is 6.09 Å². The number of nitrogens with zero attached hydrogens (tertiary/aromatic N) is 3. The Kier molecular flexibility index (Phi) is 6.77. The maximum Gasteiger partial charge on any atom is 0.409 e. The number of amides is 2. The van der Waals surface area contributed by atoms with Crippen LogP contribution in [0.5, 0.6) is 0 Å². The van der Waals surface area contributed by atoms with Crippen molar-refractivity contribution in [3.8, 4) is 0 Å². The molecule has 0 spiro atoms. The number of likely N-dealkylation sites (tertiary alicyclic amines) is 1. The molecule has 24 heavy (non-hydrogen) atoms. The second-order valence-corrected chi connectivity index (χ2v) is 5.65. The predicted molar refractivity (Wildman–Crippen MR) is 89.9 cm³/mol. The minimum absolute atomic E-state index is 0.0304. The molecule has 1 aromatic heterocycles. The van der Waals surface area contributed by atoms with Gasteiger partial charge in [-0.25, -0.2) is 14.8 Å². The van der Waals surface area contributed by atoms with Gasteiger partial charge in [-0.2, -0.15) is 0 Å². The summed E-state index contributed by atoms with van der Waals surface area (Å²) in [7, 11) is 0. The van der Waals surface area contributed by atoms with Gasteiger partial charge in [-0.1, -0.05) is 6.92 Å². The quantitative estimate of drug-likeness (QED) is 0.820. The molecule has 132 valence electrons. The molecule has 1 aliphatic heterocycles. The number of piperidine rings is 1. The Labute approximate surface area is 142 Å². The number of hydrogen-bond donors (Lipinski definition) is 2. The number of ether oxygens (including phenoxy) is 1. The van der Waals surface area contributed by atoms with E-state index in [1.165, 1.54) is 6.20 Å². The third-order valence-electron chi connectivity index (χ3n) is 3.80. The van der Waals surface area contributed by atoms with Gasteiger partial charge in [0.2, 0.25) is 0 Å². The lowest BCUT2D eigenvalue weighted by Gasteiger charge is -2.31. The first-order valence-electron chi connectivity index (χ1n) is 8.42. The molecule has 2 amide bonds. The molecule has 2 rings (SSSR count). The number of anilines is 1. The lowest BCUT2D eigenvalue weighted by atomic mass is 10.1. The SMILES string of the molecule is CCCNc1cnc(C(=O)NC2CCN(C(=O)OCC)CC2)cn1. The molecule has 1 aliphatic rings. The van der Waals surface area contributed by atoms with Crippen molar-refractivity contribution >= 4 is 17.8 Å². The van der Waals surface area contributed by atoms with Crippen LogP contribution < -0.4 is 10.6 Å². The summed E-state index contributed by atoms with van der Waals surface area (Å²) in [6, 6.07) is 0.0304. The van der Waals surface area contributed by atoms with Crippen LogP contribution >= 0.6 is 0 Å². The third-order valence-corrected chi connectivity index (χ3v) is 3.80. The van der Waals surface area contributed by atoms with E-state index < -0.39 is 0 Å². The normalized spacial score (nSPS) is 15.0. The van der Waals surface area contributed by atoms with E-state index in [-0.39, 0.29) is 18.0 Å². The Morgan fingerprint density at radius 1 is 1.25 bits per heavy atom. The first-order chi connectivity index (χ1) is 11.6. The molecule has 8 nitrogen and oxygen atoms in total. The van der Waals surface area contributed by atoms with Crippen LogP contribution in [0.1, 0.15) is 43.6 Å². The van der Waals surface area contributed by atoms with Crippen LogP contribution in [0.2, 0.25) is 0 Å². The second kappa shape index (κ2) is 9.05. The Hall–Kier alpha value is -2.38. The minimum atomic E-state index is -0.289. The number of hydrogen-bond acceptors (Lipinski definition) is 6. The number of nitrogens with one attached hydrogen (secondary N) is 2. The molecule has 0 bridgehead atoms. The van der Waals surface area contributed by atoms with Crippen molar-refractivity contribution in [2.75, 3.05) is 31.6 Å². The standard InChI is InChI=1S/C16H25N5O3/c1-3-7-17-14-11-18-13(10-19-14)15(22)20-12-5-8-21(9-6-12)16(23)24-4-2/h10-12H,3-9H2,1-2H3,(H,17,19)(H,20,22). The molecule has 2 heterocycles. The van der Waals surface area contributed by atoms with Crippen LogP contribution in [0, 0.1) is 0 Å². The summed E-state index contributed by atoms with van der Waals surface area (Å²) >= 11 is 0. The summed E-state index contributed by atoms with van der Waals surface area (Å²) in [5.41, 5.74) is 0.296. The van der Waals surface area contributed by atoms with Crippen LogP contribution in [0.15, 0.2) is 12.4 Å². The Balaban J connectivity index is 1.80. The van der Waals surface area contributed by atoms with Gasteiger partial charge in [-0.05, 0) is 26.2 Å². The fourth-order valence-electron chi connectivity index (χ4n) is 2.47. The van der Waals surface area contributed by atoms with Crippen molar-refractivity contribution in [2.45, 2.75) is 39.2 Å². The number of carbonyl (C=O) groups excluding carboxylic acids is 2. The first kappa shape index (κ1) is 18.0. The van der Waals surface area contributed by atoms with Gasteiger partial charge in [0.1, 0.15) is 11.5 Å². The van der Waals surface area contributed by atoms with Gasteiger partial charge in [0, 0.05) is 25.7 Å². The van der Waals surface area contributed by atoms with Gasteiger partial charge in [0.25, 0.3) is 5.91 Å². The molecule has 0 aliphatic carbocycles. The smallest absolute Gasteiger partial charge is 0.409 e. The molecule has 0 saturated carbocycles. The highest BCUT2D eigenvalue weighted by molar-refractivity contribution is 5.92. The van der Waals surface area contributed by atoms with E-state index in [1.54, 1.807) is 18.0 Å². The van der Waals surface area contributed by atoms with Crippen LogP contribution in [0.3, 0.4) is 0 Å². The van der Waals surface area contributed by atoms with E-state index in [2.05, 4.69) is 27.5 Å². The molecule has 8 heteroatoms. The van der Waals surface area contributed by atoms with E-state index in [0.717, 1.165) is 13.0 Å². The van der Waals surface area contributed by atoms with Crippen molar-refractivity contribution < 1.29 is 14.3 Å². The summed E-state index contributed by atoms with van der Waals surface area (Å²) in [6.45, 7) is 6.20.